The molecule has 1 fully saturated rings. The summed E-state index contributed by atoms with van der Waals surface area (Å²) in [6.45, 7) is 6.79. The quantitative estimate of drug-likeness (QED) is 0.766. The number of benzene rings is 1. The van der Waals surface area contributed by atoms with Gasteiger partial charge in [0.05, 0.1) is 6.61 Å². The van der Waals surface area contributed by atoms with Crippen molar-refractivity contribution in [3.8, 4) is 0 Å². The van der Waals surface area contributed by atoms with Gasteiger partial charge in [0.15, 0.2) is 0 Å². The largest absolute Gasteiger partial charge is 0.450 e. The first-order valence-corrected chi connectivity index (χ1v) is 9.54. The van der Waals surface area contributed by atoms with Crippen molar-refractivity contribution in [2.24, 2.45) is 0 Å². The lowest BCUT2D eigenvalue weighted by Crippen LogP contribution is -2.50. The molecule has 27 heavy (non-hydrogen) atoms. The lowest BCUT2D eigenvalue weighted by molar-refractivity contribution is 0.0570. The zero-order chi connectivity index (χ0) is 19.8. The number of piperazine rings is 1. The highest BCUT2D eigenvalue weighted by molar-refractivity contribution is 5.97. The Morgan fingerprint density at radius 3 is 2.07 bits per heavy atom. The second kappa shape index (κ2) is 9.94. The number of hydrogen-bond acceptors (Lipinski definition) is 4. The summed E-state index contributed by atoms with van der Waals surface area (Å²) >= 11 is 0. The van der Waals surface area contributed by atoms with Crippen LogP contribution in [-0.4, -0.2) is 79.0 Å². The molecule has 3 amide bonds. The standard InChI is InChI=1S/C20H29N3O4/c1-4-6-11-21(3)18(24)16-7-9-17(10-8-16)19(25)22-12-14-23(15-13-22)20(26)27-5-2/h7-10H,4-6,11-15H2,1-3H3. The number of ether oxygens (including phenoxy) is 1. The third kappa shape index (κ3) is 5.45. The molecule has 0 spiro atoms. The third-order valence-corrected chi connectivity index (χ3v) is 4.67. The van der Waals surface area contributed by atoms with E-state index in [4.69, 9.17) is 4.74 Å². The van der Waals surface area contributed by atoms with Crippen molar-refractivity contribution in [2.45, 2.75) is 26.7 Å². The van der Waals surface area contributed by atoms with E-state index in [-0.39, 0.29) is 17.9 Å². The van der Waals surface area contributed by atoms with Crippen molar-refractivity contribution < 1.29 is 19.1 Å². The zero-order valence-electron chi connectivity index (χ0n) is 16.4. The molecule has 1 heterocycles. The molecule has 7 nitrogen and oxygen atoms in total. The number of unbranched alkanes of at least 4 members (excludes halogenated alkanes) is 1. The van der Waals surface area contributed by atoms with E-state index in [0.717, 1.165) is 19.4 Å². The molecule has 7 heteroatoms. The van der Waals surface area contributed by atoms with E-state index in [1.54, 1.807) is 52.9 Å². The van der Waals surface area contributed by atoms with Gasteiger partial charge in [-0.15, -0.1) is 0 Å². The summed E-state index contributed by atoms with van der Waals surface area (Å²) in [5.41, 5.74) is 1.13. The van der Waals surface area contributed by atoms with Gasteiger partial charge in [-0.05, 0) is 37.6 Å². The first kappa shape index (κ1) is 20.7. The lowest BCUT2D eigenvalue weighted by Gasteiger charge is -2.34. The molecule has 1 aromatic rings. The zero-order valence-corrected chi connectivity index (χ0v) is 16.4. The summed E-state index contributed by atoms with van der Waals surface area (Å²) in [5, 5.41) is 0. The van der Waals surface area contributed by atoms with E-state index in [1.807, 2.05) is 0 Å². The maximum absolute atomic E-state index is 12.7. The van der Waals surface area contributed by atoms with Crippen molar-refractivity contribution in [1.82, 2.24) is 14.7 Å². The van der Waals surface area contributed by atoms with Crippen molar-refractivity contribution in [1.29, 1.82) is 0 Å². The average Bonchev–Trinajstić information content (AvgIpc) is 2.71. The fourth-order valence-electron chi connectivity index (χ4n) is 2.96. The molecule has 148 valence electrons. The summed E-state index contributed by atoms with van der Waals surface area (Å²) in [4.78, 5) is 41.8. The molecule has 0 unspecified atom stereocenters. The number of carbonyl (C=O) groups excluding carboxylic acids is 3. The maximum atomic E-state index is 12.7. The molecular weight excluding hydrogens is 346 g/mol. The molecular formula is C20H29N3O4. The van der Waals surface area contributed by atoms with E-state index in [1.165, 1.54) is 0 Å². The van der Waals surface area contributed by atoms with Gasteiger partial charge >= 0.3 is 6.09 Å². The fourth-order valence-corrected chi connectivity index (χ4v) is 2.96. The van der Waals surface area contributed by atoms with Crippen LogP contribution in [0.4, 0.5) is 4.79 Å². The molecule has 1 aromatic carbocycles. The Balaban J connectivity index is 1.92. The minimum absolute atomic E-state index is 0.0366. The van der Waals surface area contributed by atoms with Crippen LogP contribution in [-0.2, 0) is 4.74 Å². The fraction of sp³-hybridized carbons (Fsp3) is 0.550. The maximum Gasteiger partial charge on any atom is 0.409 e. The van der Waals surface area contributed by atoms with Crippen LogP contribution in [0.25, 0.3) is 0 Å². The van der Waals surface area contributed by atoms with Gasteiger partial charge in [-0.3, -0.25) is 9.59 Å². The predicted molar refractivity (Wildman–Crippen MR) is 103 cm³/mol. The highest BCUT2D eigenvalue weighted by atomic mass is 16.6. The Labute approximate surface area is 160 Å². The summed E-state index contributed by atoms with van der Waals surface area (Å²) < 4.78 is 4.99. The van der Waals surface area contributed by atoms with Crippen LogP contribution >= 0.6 is 0 Å². The van der Waals surface area contributed by atoms with Gasteiger partial charge in [0.2, 0.25) is 0 Å². The number of rotatable bonds is 6. The number of carbonyl (C=O) groups is 3. The summed E-state index contributed by atoms with van der Waals surface area (Å²) in [5.74, 6) is -0.123. The number of amides is 3. The molecule has 0 bridgehead atoms. The van der Waals surface area contributed by atoms with Crippen LogP contribution in [0.15, 0.2) is 24.3 Å². The van der Waals surface area contributed by atoms with Gasteiger partial charge in [0.25, 0.3) is 11.8 Å². The Bertz CT molecular complexity index is 652. The lowest BCUT2D eigenvalue weighted by atomic mass is 10.1. The first-order valence-electron chi connectivity index (χ1n) is 9.54. The molecule has 0 aromatic heterocycles. The molecule has 0 radical (unpaired) electrons. The van der Waals surface area contributed by atoms with Crippen LogP contribution in [0.5, 0.6) is 0 Å². The van der Waals surface area contributed by atoms with Crippen LogP contribution in [0.2, 0.25) is 0 Å². The minimum atomic E-state index is -0.334. The molecule has 0 atom stereocenters. The Kier molecular flexibility index (Phi) is 7.64. The van der Waals surface area contributed by atoms with E-state index in [2.05, 4.69) is 6.92 Å². The van der Waals surface area contributed by atoms with Crippen molar-refractivity contribution in [3.63, 3.8) is 0 Å². The molecule has 1 saturated heterocycles. The molecule has 1 aliphatic rings. The van der Waals surface area contributed by atoms with E-state index in [9.17, 15) is 14.4 Å². The van der Waals surface area contributed by atoms with Crippen LogP contribution in [0, 0.1) is 0 Å². The highest BCUT2D eigenvalue weighted by Gasteiger charge is 2.25. The third-order valence-electron chi connectivity index (χ3n) is 4.67. The monoisotopic (exact) mass is 375 g/mol. The first-order chi connectivity index (χ1) is 13.0. The van der Waals surface area contributed by atoms with Gasteiger partial charge in [-0.1, -0.05) is 13.3 Å². The van der Waals surface area contributed by atoms with Crippen LogP contribution < -0.4 is 0 Å². The second-order valence-corrected chi connectivity index (χ2v) is 6.64. The Morgan fingerprint density at radius 1 is 0.963 bits per heavy atom. The number of hydrogen-bond donors (Lipinski definition) is 0. The Hall–Kier alpha value is -2.57. The minimum Gasteiger partial charge on any atom is -0.450 e. The Morgan fingerprint density at radius 2 is 1.52 bits per heavy atom. The highest BCUT2D eigenvalue weighted by Crippen LogP contribution is 2.12. The molecule has 0 aliphatic carbocycles. The van der Waals surface area contributed by atoms with Crippen LogP contribution in [0.1, 0.15) is 47.4 Å². The second-order valence-electron chi connectivity index (χ2n) is 6.64. The van der Waals surface area contributed by atoms with Crippen molar-refractivity contribution in [2.75, 3.05) is 46.4 Å². The van der Waals surface area contributed by atoms with E-state index >= 15 is 0 Å². The summed E-state index contributed by atoms with van der Waals surface area (Å²) in [6, 6.07) is 6.79. The van der Waals surface area contributed by atoms with Gasteiger partial charge in [0, 0.05) is 50.9 Å². The van der Waals surface area contributed by atoms with Gasteiger partial charge in [-0.25, -0.2) is 4.79 Å². The number of nitrogens with zero attached hydrogens (tertiary/aromatic N) is 3. The van der Waals surface area contributed by atoms with Gasteiger partial charge in [0.1, 0.15) is 0 Å². The van der Waals surface area contributed by atoms with E-state index < -0.39 is 0 Å². The van der Waals surface area contributed by atoms with Crippen LogP contribution in [0.3, 0.4) is 0 Å². The molecule has 2 rings (SSSR count). The van der Waals surface area contributed by atoms with E-state index in [0.29, 0.717) is 43.9 Å². The van der Waals surface area contributed by atoms with Crippen molar-refractivity contribution >= 4 is 17.9 Å². The SMILES string of the molecule is CCCCN(C)C(=O)c1ccc(C(=O)N2CCN(C(=O)OCC)CC2)cc1. The van der Waals surface area contributed by atoms with Gasteiger partial charge in [-0.2, -0.15) is 0 Å². The topological polar surface area (TPSA) is 70.2 Å². The smallest absolute Gasteiger partial charge is 0.409 e. The molecule has 0 saturated carbocycles. The van der Waals surface area contributed by atoms with Crippen molar-refractivity contribution in [3.05, 3.63) is 35.4 Å². The predicted octanol–water partition coefficient (Wildman–Crippen LogP) is 2.47. The average molecular weight is 375 g/mol. The molecule has 1 aliphatic heterocycles. The summed E-state index contributed by atoms with van der Waals surface area (Å²) in [6.07, 6.45) is 1.67. The molecule has 0 N–H and O–H groups in total. The summed E-state index contributed by atoms with van der Waals surface area (Å²) in [7, 11) is 1.79. The van der Waals surface area contributed by atoms with Gasteiger partial charge < -0.3 is 19.4 Å². The normalized spacial score (nSPS) is 14.0.